The van der Waals surface area contributed by atoms with E-state index in [2.05, 4.69) is 45.0 Å². The molecule has 2 heterocycles. The zero-order valence-electron chi connectivity index (χ0n) is 16.6. The molecular formula is C19H35IN4O2S. The van der Waals surface area contributed by atoms with Gasteiger partial charge in [-0.2, -0.15) is 0 Å². The molecule has 0 amide bonds. The van der Waals surface area contributed by atoms with Crippen LogP contribution in [-0.2, 0) is 9.47 Å². The van der Waals surface area contributed by atoms with Gasteiger partial charge in [-0.1, -0.05) is 13.3 Å². The van der Waals surface area contributed by atoms with Gasteiger partial charge in [-0.25, -0.2) is 0 Å². The van der Waals surface area contributed by atoms with Gasteiger partial charge >= 0.3 is 0 Å². The molecule has 1 saturated heterocycles. The highest BCUT2D eigenvalue weighted by Gasteiger charge is 2.20. The molecule has 8 heteroatoms. The van der Waals surface area contributed by atoms with Crippen LogP contribution >= 0.6 is 35.3 Å². The first-order valence-electron chi connectivity index (χ1n) is 9.74. The summed E-state index contributed by atoms with van der Waals surface area (Å²) in [5.74, 6) is 0.863. The molecule has 1 aliphatic heterocycles. The quantitative estimate of drug-likeness (QED) is 0.207. The summed E-state index contributed by atoms with van der Waals surface area (Å²) in [6.45, 7) is 7.93. The van der Waals surface area contributed by atoms with E-state index in [4.69, 9.17) is 9.47 Å². The lowest BCUT2D eigenvalue weighted by atomic mass is 10.1. The second-order valence-corrected chi connectivity index (χ2v) is 7.36. The zero-order chi connectivity index (χ0) is 18.5. The van der Waals surface area contributed by atoms with Gasteiger partial charge in [0, 0.05) is 39.3 Å². The van der Waals surface area contributed by atoms with Crippen molar-refractivity contribution >= 4 is 46.3 Å². The normalized spacial score (nSPS) is 15.5. The molecule has 0 atom stereocenters. The Kier molecular flexibility index (Phi) is 13.9. The van der Waals surface area contributed by atoms with E-state index < -0.39 is 0 Å². The van der Waals surface area contributed by atoms with E-state index in [0.717, 1.165) is 51.5 Å². The monoisotopic (exact) mass is 510 g/mol. The molecular weight excluding hydrogens is 475 g/mol. The van der Waals surface area contributed by atoms with Crippen molar-refractivity contribution in [3.63, 3.8) is 0 Å². The van der Waals surface area contributed by atoms with Crippen molar-refractivity contribution in [2.75, 3.05) is 58.0 Å². The third kappa shape index (κ3) is 9.96. The maximum absolute atomic E-state index is 5.58. The fourth-order valence-corrected chi connectivity index (χ4v) is 3.68. The van der Waals surface area contributed by atoms with Crippen LogP contribution in [0.25, 0.3) is 0 Å². The molecule has 156 valence electrons. The summed E-state index contributed by atoms with van der Waals surface area (Å²) in [5, 5.41) is 10.4. The van der Waals surface area contributed by atoms with E-state index in [0.29, 0.717) is 25.9 Å². The number of anilines is 1. The van der Waals surface area contributed by atoms with Gasteiger partial charge in [0.25, 0.3) is 0 Å². The number of unbranched alkanes of at least 4 members (excludes halogenated alkanes) is 1. The number of thiophene rings is 1. The van der Waals surface area contributed by atoms with E-state index in [1.165, 1.54) is 11.4 Å². The van der Waals surface area contributed by atoms with Crippen LogP contribution in [-0.4, -0.2) is 65.1 Å². The highest BCUT2D eigenvalue weighted by atomic mass is 127. The number of hydrogen-bond donors (Lipinski definition) is 2. The molecule has 6 nitrogen and oxygen atoms in total. The largest absolute Gasteiger partial charge is 0.379 e. The second kappa shape index (κ2) is 15.4. The number of guanidine groups is 1. The molecule has 1 aliphatic rings. The maximum Gasteiger partial charge on any atom is 0.191 e. The summed E-state index contributed by atoms with van der Waals surface area (Å²) in [6, 6.07) is 4.80. The van der Waals surface area contributed by atoms with Gasteiger partial charge in [-0.3, -0.25) is 4.99 Å². The number of hydrogen-bond acceptors (Lipinski definition) is 5. The third-order valence-electron chi connectivity index (χ3n) is 4.43. The van der Waals surface area contributed by atoms with E-state index in [1.807, 2.05) is 18.4 Å². The predicted octanol–water partition coefficient (Wildman–Crippen LogP) is 3.33. The minimum absolute atomic E-state index is 0. The highest BCUT2D eigenvalue weighted by Crippen LogP contribution is 2.24. The van der Waals surface area contributed by atoms with Crippen molar-refractivity contribution in [2.45, 2.75) is 38.6 Å². The Bertz CT molecular complexity index is 494. The van der Waals surface area contributed by atoms with E-state index >= 15 is 0 Å². The van der Waals surface area contributed by atoms with Gasteiger partial charge in [-0.05, 0) is 36.8 Å². The van der Waals surface area contributed by atoms with Crippen molar-refractivity contribution < 1.29 is 9.47 Å². The third-order valence-corrected chi connectivity index (χ3v) is 5.36. The Labute approximate surface area is 185 Å². The number of rotatable bonds is 11. The van der Waals surface area contributed by atoms with Gasteiger partial charge in [-0.15, -0.1) is 35.3 Å². The fourth-order valence-electron chi connectivity index (χ4n) is 2.89. The Balaban J connectivity index is 0.00000364. The standard InChI is InChI=1S/C19H34N4O2S.HI/c1-3-4-12-24-14-15-25-13-9-21-19(20-2)22-17-7-10-23(11-8-17)18-6-5-16-26-18;/h5-6,16-17H,3-4,7-15H2,1-2H3,(H2,20,21,22);1H. The molecule has 27 heavy (non-hydrogen) atoms. The average Bonchev–Trinajstić information content (AvgIpc) is 3.21. The molecule has 0 radical (unpaired) electrons. The topological polar surface area (TPSA) is 58.1 Å². The first kappa shape index (κ1) is 24.5. The fraction of sp³-hybridized carbons (Fsp3) is 0.737. The summed E-state index contributed by atoms with van der Waals surface area (Å²) in [7, 11) is 1.82. The lowest BCUT2D eigenvalue weighted by Gasteiger charge is -2.33. The Morgan fingerprint density at radius 3 is 2.59 bits per heavy atom. The molecule has 2 N–H and O–H groups in total. The molecule has 0 bridgehead atoms. The first-order chi connectivity index (χ1) is 12.8. The highest BCUT2D eigenvalue weighted by molar-refractivity contribution is 14.0. The van der Waals surface area contributed by atoms with E-state index in [-0.39, 0.29) is 24.0 Å². The molecule has 0 aliphatic carbocycles. The molecule has 0 saturated carbocycles. The van der Waals surface area contributed by atoms with Crippen molar-refractivity contribution in [1.82, 2.24) is 10.6 Å². The van der Waals surface area contributed by atoms with Gasteiger partial charge in [0.15, 0.2) is 5.96 Å². The van der Waals surface area contributed by atoms with Crippen molar-refractivity contribution in [3.05, 3.63) is 17.5 Å². The van der Waals surface area contributed by atoms with Crippen molar-refractivity contribution in [1.29, 1.82) is 0 Å². The molecule has 0 aromatic carbocycles. The minimum atomic E-state index is 0. The maximum atomic E-state index is 5.58. The number of halogens is 1. The average molecular weight is 510 g/mol. The lowest BCUT2D eigenvalue weighted by Crippen LogP contribution is -2.49. The number of nitrogens with zero attached hydrogens (tertiary/aromatic N) is 2. The van der Waals surface area contributed by atoms with Crippen LogP contribution in [0.5, 0.6) is 0 Å². The molecule has 2 rings (SSSR count). The van der Waals surface area contributed by atoms with Crippen LogP contribution in [0.3, 0.4) is 0 Å². The number of piperidine rings is 1. The number of aliphatic imine (C=N–C) groups is 1. The predicted molar refractivity (Wildman–Crippen MR) is 126 cm³/mol. The van der Waals surface area contributed by atoms with Crippen LogP contribution in [0.1, 0.15) is 32.6 Å². The summed E-state index contributed by atoms with van der Waals surface area (Å²) in [6.07, 6.45) is 4.55. The Morgan fingerprint density at radius 2 is 1.96 bits per heavy atom. The Morgan fingerprint density at radius 1 is 1.22 bits per heavy atom. The van der Waals surface area contributed by atoms with Crippen LogP contribution in [0.15, 0.2) is 22.5 Å². The van der Waals surface area contributed by atoms with Crippen molar-refractivity contribution in [2.24, 2.45) is 4.99 Å². The smallest absolute Gasteiger partial charge is 0.191 e. The van der Waals surface area contributed by atoms with Crippen LogP contribution in [0, 0.1) is 0 Å². The van der Waals surface area contributed by atoms with E-state index in [1.54, 1.807) is 0 Å². The molecule has 1 aromatic heterocycles. The lowest BCUT2D eigenvalue weighted by molar-refractivity contribution is 0.0487. The summed E-state index contributed by atoms with van der Waals surface area (Å²) >= 11 is 1.82. The molecule has 0 unspecified atom stereocenters. The summed E-state index contributed by atoms with van der Waals surface area (Å²) < 4.78 is 11.1. The summed E-state index contributed by atoms with van der Waals surface area (Å²) in [4.78, 5) is 6.79. The second-order valence-electron chi connectivity index (χ2n) is 6.43. The van der Waals surface area contributed by atoms with Gasteiger partial charge < -0.3 is 25.0 Å². The van der Waals surface area contributed by atoms with Gasteiger partial charge in [0.05, 0.1) is 24.8 Å². The van der Waals surface area contributed by atoms with Gasteiger partial charge in [0.1, 0.15) is 0 Å². The van der Waals surface area contributed by atoms with Crippen molar-refractivity contribution in [3.8, 4) is 0 Å². The van der Waals surface area contributed by atoms with Crippen LogP contribution in [0.4, 0.5) is 5.00 Å². The molecule has 0 spiro atoms. The van der Waals surface area contributed by atoms with E-state index in [9.17, 15) is 0 Å². The van der Waals surface area contributed by atoms with Crippen LogP contribution in [0.2, 0.25) is 0 Å². The molecule has 1 aromatic rings. The van der Waals surface area contributed by atoms with Gasteiger partial charge in [0.2, 0.25) is 0 Å². The number of nitrogens with one attached hydrogen (secondary N) is 2. The first-order valence-corrected chi connectivity index (χ1v) is 10.6. The minimum Gasteiger partial charge on any atom is -0.379 e. The molecule has 1 fully saturated rings. The SMILES string of the molecule is CCCCOCCOCCNC(=NC)NC1CCN(c2cccs2)CC1.I. The number of ether oxygens (including phenoxy) is 2. The summed E-state index contributed by atoms with van der Waals surface area (Å²) in [5.41, 5.74) is 0. The zero-order valence-corrected chi connectivity index (χ0v) is 19.8. The van der Waals surface area contributed by atoms with Crippen LogP contribution < -0.4 is 15.5 Å². The Hall–Kier alpha value is -0.580.